The number of hydrogen-bond acceptors (Lipinski definition) is 3. The summed E-state index contributed by atoms with van der Waals surface area (Å²) in [7, 11) is 0. The molecule has 0 bridgehead atoms. The van der Waals surface area contributed by atoms with Gasteiger partial charge in [-0.05, 0) is 24.3 Å². The van der Waals surface area contributed by atoms with E-state index in [4.69, 9.17) is 16.3 Å². The third-order valence-electron chi connectivity index (χ3n) is 3.15. The minimum absolute atomic E-state index is 0.119. The van der Waals surface area contributed by atoms with E-state index in [2.05, 4.69) is 4.98 Å². The number of fused-ring (bicyclic) bond motifs is 1. The van der Waals surface area contributed by atoms with Gasteiger partial charge in [-0.3, -0.25) is 4.79 Å². The number of benzene rings is 1. The zero-order valence-corrected chi connectivity index (χ0v) is 11.5. The van der Waals surface area contributed by atoms with Crippen molar-refractivity contribution in [2.24, 2.45) is 0 Å². The number of hydrogen-bond donors (Lipinski definition) is 0. The third kappa shape index (κ3) is 2.34. The van der Waals surface area contributed by atoms with E-state index in [0.29, 0.717) is 23.9 Å². The van der Waals surface area contributed by atoms with Crippen LogP contribution in [0, 0.1) is 0 Å². The van der Waals surface area contributed by atoms with Gasteiger partial charge in [0, 0.05) is 11.9 Å². The highest BCUT2D eigenvalue weighted by Crippen LogP contribution is 2.26. The number of ether oxygens (including phenoxy) is 1. The van der Waals surface area contributed by atoms with Crippen molar-refractivity contribution in [3.63, 3.8) is 0 Å². The fourth-order valence-corrected chi connectivity index (χ4v) is 2.35. The van der Waals surface area contributed by atoms with Crippen molar-refractivity contribution in [3.05, 3.63) is 54.2 Å². The Hall–Kier alpha value is -2.07. The molecule has 0 aliphatic carbocycles. The fraction of sp³-hybridized carbons (Fsp3) is 0.200. The van der Waals surface area contributed by atoms with Crippen LogP contribution in [-0.2, 0) is 0 Å². The highest BCUT2D eigenvalue weighted by atomic mass is 35.5. The Morgan fingerprint density at radius 1 is 1.25 bits per heavy atom. The number of para-hydroxylation sites is 1. The number of halogens is 1. The largest absolute Gasteiger partial charge is 0.471 e. The van der Waals surface area contributed by atoms with Crippen LogP contribution in [0.3, 0.4) is 0 Å². The monoisotopic (exact) mass is 288 g/mol. The molecule has 1 aromatic carbocycles. The first kappa shape index (κ1) is 12.9. The molecule has 1 atom stereocenters. The van der Waals surface area contributed by atoms with Gasteiger partial charge in [-0.25, -0.2) is 4.98 Å². The second-order valence-electron chi connectivity index (χ2n) is 4.50. The van der Waals surface area contributed by atoms with Crippen LogP contribution >= 0.6 is 11.6 Å². The molecule has 1 aliphatic rings. The molecule has 1 aliphatic heterocycles. The van der Waals surface area contributed by atoms with Crippen LogP contribution < -0.4 is 9.64 Å². The van der Waals surface area contributed by atoms with Crippen molar-refractivity contribution in [1.82, 2.24) is 4.98 Å². The van der Waals surface area contributed by atoms with E-state index in [1.807, 2.05) is 30.3 Å². The van der Waals surface area contributed by atoms with Crippen LogP contribution in [0.1, 0.15) is 10.4 Å². The molecule has 0 spiro atoms. The van der Waals surface area contributed by atoms with E-state index in [1.165, 1.54) is 0 Å². The van der Waals surface area contributed by atoms with Gasteiger partial charge in [0.05, 0.1) is 12.4 Å². The number of nitrogens with zero attached hydrogens (tertiary/aromatic N) is 2. The summed E-state index contributed by atoms with van der Waals surface area (Å²) in [4.78, 5) is 18.5. The second-order valence-corrected chi connectivity index (χ2v) is 4.81. The Morgan fingerprint density at radius 2 is 2.05 bits per heavy atom. The maximum atomic E-state index is 12.7. The van der Waals surface area contributed by atoms with Crippen molar-refractivity contribution in [2.75, 3.05) is 17.3 Å². The normalized spacial score (nSPS) is 18.1. The van der Waals surface area contributed by atoms with Gasteiger partial charge in [0.1, 0.15) is 11.7 Å². The van der Waals surface area contributed by atoms with Gasteiger partial charge < -0.3 is 9.64 Å². The van der Waals surface area contributed by atoms with Gasteiger partial charge in [-0.2, -0.15) is 0 Å². The summed E-state index contributed by atoms with van der Waals surface area (Å²) in [5.74, 6) is 0.528. The average Bonchev–Trinajstić information content (AvgIpc) is 2.65. The number of pyridine rings is 1. The zero-order valence-electron chi connectivity index (χ0n) is 10.7. The summed E-state index contributed by atoms with van der Waals surface area (Å²) in [6, 6.07) is 12.9. The lowest BCUT2D eigenvalue weighted by atomic mass is 10.2. The van der Waals surface area contributed by atoms with Gasteiger partial charge in [0.25, 0.3) is 5.91 Å². The molecule has 1 aromatic heterocycles. The average molecular weight is 289 g/mol. The Kier molecular flexibility index (Phi) is 3.56. The molecule has 0 saturated carbocycles. The molecular formula is C15H13ClN2O2. The summed E-state index contributed by atoms with van der Waals surface area (Å²) in [5.41, 5.74) is 1.29. The van der Waals surface area contributed by atoms with Crippen molar-refractivity contribution in [1.29, 1.82) is 0 Å². The molecule has 4 nitrogen and oxygen atoms in total. The molecule has 102 valence electrons. The highest BCUT2D eigenvalue weighted by Gasteiger charge is 2.30. The van der Waals surface area contributed by atoms with Gasteiger partial charge in [-0.1, -0.05) is 18.2 Å². The quantitative estimate of drug-likeness (QED) is 0.798. The first-order valence-electron chi connectivity index (χ1n) is 6.34. The molecule has 2 heterocycles. The van der Waals surface area contributed by atoms with E-state index < -0.39 is 0 Å². The molecule has 5 heteroatoms. The standard InChI is InChI=1S/C15H13ClN2O2/c16-9-12-10-18(11-5-2-1-3-6-11)15(19)13-7-4-8-17-14(13)20-12/h1-8,12H,9-10H2. The number of carbonyl (C=O) groups excluding carboxylic acids is 1. The molecular weight excluding hydrogens is 276 g/mol. The molecule has 20 heavy (non-hydrogen) atoms. The molecule has 3 rings (SSSR count). The molecule has 1 unspecified atom stereocenters. The Morgan fingerprint density at radius 3 is 2.80 bits per heavy atom. The maximum absolute atomic E-state index is 12.7. The summed E-state index contributed by atoms with van der Waals surface area (Å²) in [6.45, 7) is 0.405. The van der Waals surface area contributed by atoms with Crippen LogP contribution in [0.2, 0.25) is 0 Å². The summed E-state index contributed by atoms with van der Waals surface area (Å²) >= 11 is 5.93. The van der Waals surface area contributed by atoms with Crippen LogP contribution in [0.5, 0.6) is 5.88 Å². The summed E-state index contributed by atoms with van der Waals surface area (Å²) < 4.78 is 5.72. The number of alkyl halides is 1. The fourth-order valence-electron chi connectivity index (χ4n) is 2.19. The molecule has 0 fully saturated rings. The lowest BCUT2D eigenvalue weighted by Crippen LogP contribution is -2.37. The third-order valence-corrected chi connectivity index (χ3v) is 3.50. The number of rotatable bonds is 2. The minimum Gasteiger partial charge on any atom is -0.471 e. The predicted octanol–water partition coefficient (Wildman–Crippen LogP) is 2.73. The van der Waals surface area contributed by atoms with E-state index >= 15 is 0 Å². The van der Waals surface area contributed by atoms with E-state index in [1.54, 1.807) is 23.2 Å². The lowest BCUT2D eigenvalue weighted by Gasteiger charge is -2.23. The smallest absolute Gasteiger partial charge is 0.263 e. The summed E-state index contributed by atoms with van der Waals surface area (Å²) in [5, 5.41) is 0. The number of carbonyl (C=O) groups is 1. The van der Waals surface area contributed by atoms with Gasteiger partial charge in [-0.15, -0.1) is 11.6 Å². The maximum Gasteiger partial charge on any atom is 0.263 e. The summed E-state index contributed by atoms with van der Waals surface area (Å²) in [6.07, 6.45) is 1.33. The topological polar surface area (TPSA) is 42.4 Å². The zero-order chi connectivity index (χ0) is 13.9. The van der Waals surface area contributed by atoms with Crippen molar-refractivity contribution < 1.29 is 9.53 Å². The number of amides is 1. The van der Waals surface area contributed by atoms with Crippen LogP contribution in [-0.4, -0.2) is 29.4 Å². The van der Waals surface area contributed by atoms with Crippen LogP contribution in [0.15, 0.2) is 48.7 Å². The first-order chi connectivity index (χ1) is 9.79. The molecule has 0 saturated heterocycles. The molecule has 0 N–H and O–H groups in total. The van der Waals surface area contributed by atoms with Crippen LogP contribution in [0.25, 0.3) is 0 Å². The van der Waals surface area contributed by atoms with Crippen molar-refractivity contribution in [2.45, 2.75) is 6.10 Å². The van der Waals surface area contributed by atoms with Gasteiger partial charge in [0.2, 0.25) is 5.88 Å². The minimum atomic E-state index is -0.281. The Labute approximate surface area is 122 Å². The number of aromatic nitrogens is 1. The second kappa shape index (κ2) is 5.51. The Bertz CT molecular complexity index is 618. The van der Waals surface area contributed by atoms with Crippen molar-refractivity contribution >= 4 is 23.2 Å². The van der Waals surface area contributed by atoms with Crippen LogP contribution in [0.4, 0.5) is 5.69 Å². The SMILES string of the molecule is O=C1c2cccnc2OC(CCl)CN1c1ccccc1. The van der Waals surface area contributed by atoms with E-state index in [-0.39, 0.29) is 12.0 Å². The molecule has 0 radical (unpaired) electrons. The van der Waals surface area contributed by atoms with Crippen molar-refractivity contribution in [3.8, 4) is 5.88 Å². The van der Waals surface area contributed by atoms with Gasteiger partial charge in [0.15, 0.2) is 0 Å². The first-order valence-corrected chi connectivity index (χ1v) is 6.87. The van der Waals surface area contributed by atoms with E-state index in [9.17, 15) is 4.79 Å². The number of anilines is 1. The highest BCUT2D eigenvalue weighted by molar-refractivity contribution is 6.18. The molecule has 2 aromatic rings. The predicted molar refractivity (Wildman–Crippen MR) is 77.5 cm³/mol. The lowest BCUT2D eigenvalue weighted by molar-refractivity contribution is 0.0987. The molecule has 1 amide bonds. The van der Waals surface area contributed by atoms with E-state index in [0.717, 1.165) is 5.69 Å². The van der Waals surface area contributed by atoms with Gasteiger partial charge >= 0.3 is 0 Å². The Balaban J connectivity index is 2.05.